The number of carboxylic acids is 1. The van der Waals surface area contributed by atoms with Crippen LogP contribution in [0.5, 0.6) is 0 Å². The monoisotopic (exact) mass is 299 g/mol. The molecular formula is C10H7BrFN3O2. The van der Waals surface area contributed by atoms with Gasteiger partial charge in [-0.1, -0.05) is 6.07 Å². The Balaban J connectivity index is 2.64. The Hall–Kier alpha value is -1.76. The number of aromatic nitrogens is 3. The Bertz CT molecular complexity index is 577. The molecule has 88 valence electrons. The van der Waals surface area contributed by atoms with Gasteiger partial charge in [0.1, 0.15) is 17.3 Å². The quantitative estimate of drug-likeness (QED) is 0.923. The molecule has 1 heterocycles. The number of hydrogen-bond acceptors (Lipinski definition) is 3. The maximum absolute atomic E-state index is 13.7. The first-order valence-electron chi connectivity index (χ1n) is 4.62. The van der Waals surface area contributed by atoms with Gasteiger partial charge in [0.05, 0.1) is 0 Å². The van der Waals surface area contributed by atoms with Gasteiger partial charge in [-0.15, -0.1) is 5.10 Å². The molecule has 1 N–H and O–H groups in total. The number of carbonyl (C=O) groups is 1. The Morgan fingerprint density at radius 1 is 1.53 bits per heavy atom. The number of rotatable bonds is 2. The molecule has 1 aromatic heterocycles. The smallest absolute Gasteiger partial charge is 0.375 e. The Kier molecular flexibility index (Phi) is 2.93. The summed E-state index contributed by atoms with van der Waals surface area (Å²) in [5.41, 5.74) is 0.144. The van der Waals surface area contributed by atoms with E-state index in [1.54, 1.807) is 13.0 Å². The van der Waals surface area contributed by atoms with Crippen LogP contribution in [0.3, 0.4) is 0 Å². The largest absolute Gasteiger partial charge is 0.475 e. The molecule has 0 bridgehead atoms. The number of aromatic carboxylic acids is 1. The summed E-state index contributed by atoms with van der Waals surface area (Å²) in [5, 5.41) is 12.5. The van der Waals surface area contributed by atoms with E-state index in [0.29, 0.717) is 10.3 Å². The van der Waals surface area contributed by atoms with Crippen LogP contribution in [0.15, 0.2) is 22.7 Å². The van der Waals surface area contributed by atoms with Crippen LogP contribution in [0.25, 0.3) is 5.69 Å². The van der Waals surface area contributed by atoms with Crippen LogP contribution in [-0.2, 0) is 0 Å². The second kappa shape index (κ2) is 4.25. The molecule has 0 spiro atoms. The Labute approximate surface area is 104 Å². The normalized spacial score (nSPS) is 10.5. The van der Waals surface area contributed by atoms with E-state index in [1.165, 1.54) is 12.1 Å². The van der Waals surface area contributed by atoms with Crippen LogP contribution in [0, 0.1) is 12.7 Å². The molecule has 0 aliphatic heterocycles. The van der Waals surface area contributed by atoms with Crippen molar-refractivity contribution in [3.63, 3.8) is 0 Å². The first kappa shape index (κ1) is 11.7. The van der Waals surface area contributed by atoms with E-state index in [9.17, 15) is 9.18 Å². The third-order valence-corrected chi connectivity index (χ3v) is 2.75. The lowest BCUT2D eigenvalue weighted by Gasteiger charge is -2.06. The highest BCUT2D eigenvalue weighted by atomic mass is 79.9. The average Bonchev–Trinajstić information content (AvgIpc) is 2.61. The standard InChI is InChI=1S/C10H7BrFN3O2/c1-5-13-9(10(16)17)14-15(5)8-6(11)3-2-4-7(8)12/h2-4H,1H3,(H,16,17). The van der Waals surface area contributed by atoms with Gasteiger partial charge in [0.15, 0.2) is 0 Å². The minimum atomic E-state index is -1.25. The van der Waals surface area contributed by atoms with Crippen molar-refractivity contribution in [3.8, 4) is 5.69 Å². The van der Waals surface area contributed by atoms with E-state index < -0.39 is 11.8 Å². The summed E-state index contributed by atoms with van der Waals surface area (Å²) in [6, 6.07) is 4.44. The Morgan fingerprint density at radius 3 is 2.76 bits per heavy atom. The molecule has 0 radical (unpaired) electrons. The first-order chi connectivity index (χ1) is 8.00. The van der Waals surface area contributed by atoms with Gasteiger partial charge in [0, 0.05) is 4.47 Å². The first-order valence-corrected chi connectivity index (χ1v) is 5.41. The molecule has 0 aliphatic rings. The molecule has 0 fully saturated rings. The lowest BCUT2D eigenvalue weighted by atomic mass is 10.3. The minimum absolute atomic E-state index is 0.144. The number of aryl methyl sites for hydroxylation is 1. The van der Waals surface area contributed by atoms with E-state index in [1.807, 2.05) is 0 Å². The van der Waals surface area contributed by atoms with Crippen molar-refractivity contribution < 1.29 is 14.3 Å². The zero-order chi connectivity index (χ0) is 12.6. The van der Waals surface area contributed by atoms with Crippen molar-refractivity contribution in [3.05, 3.63) is 40.1 Å². The van der Waals surface area contributed by atoms with Gasteiger partial charge in [-0.3, -0.25) is 0 Å². The number of para-hydroxylation sites is 1. The molecule has 2 aromatic rings. The van der Waals surface area contributed by atoms with E-state index in [2.05, 4.69) is 26.0 Å². The molecule has 0 amide bonds. The summed E-state index contributed by atoms with van der Waals surface area (Å²) >= 11 is 3.19. The second-order valence-electron chi connectivity index (χ2n) is 3.27. The van der Waals surface area contributed by atoms with Gasteiger partial charge in [-0.25, -0.2) is 18.9 Å². The van der Waals surface area contributed by atoms with Crippen molar-refractivity contribution >= 4 is 21.9 Å². The third-order valence-electron chi connectivity index (χ3n) is 2.11. The van der Waals surface area contributed by atoms with Crippen molar-refractivity contribution in [2.24, 2.45) is 0 Å². The lowest BCUT2D eigenvalue weighted by Crippen LogP contribution is -2.05. The topological polar surface area (TPSA) is 68.0 Å². The van der Waals surface area contributed by atoms with Gasteiger partial charge in [-0.2, -0.15) is 0 Å². The van der Waals surface area contributed by atoms with E-state index in [0.717, 1.165) is 4.68 Å². The summed E-state index contributed by atoms with van der Waals surface area (Å²) in [6.07, 6.45) is 0. The number of halogens is 2. The number of carboxylic acid groups (broad SMARTS) is 1. The molecule has 0 aliphatic carbocycles. The third kappa shape index (κ3) is 2.05. The molecular weight excluding hydrogens is 293 g/mol. The van der Waals surface area contributed by atoms with Crippen molar-refractivity contribution in [1.29, 1.82) is 0 Å². The maximum Gasteiger partial charge on any atom is 0.375 e. The molecule has 17 heavy (non-hydrogen) atoms. The molecule has 0 saturated carbocycles. The predicted octanol–water partition coefficient (Wildman–Crippen LogP) is 2.18. The Morgan fingerprint density at radius 2 is 2.24 bits per heavy atom. The van der Waals surface area contributed by atoms with Crippen LogP contribution in [-0.4, -0.2) is 25.8 Å². The fraction of sp³-hybridized carbons (Fsp3) is 0.100. The van der Waals surface area contributed by atoms with Crippen LogP contribution in [0.1, 0.15) is 16.4 Å². The highest BCUT2D eigenvalue weighted by molar-refractivity contribution is 9.10. The predicted molar refractivity (Wildman–Crippen MR) is 60.7 cm³/mol. The minimum Gasteiger partial charge on any atom is -0.475 e. The molecule has 2 rings (SSSR count). The number of hydrogen-bond donors (Lipinski definition) is 1. The van der Waals surface area contributed by atoms with Crippen molar-refractivity contribution in [2.45, 2.75) is 6.92 Å². The van der Waals surface area contributed by atoms with E-state index >= 15 is 0 Å². The van der Waals surface area contributed by atoms with Gasteiger partial charge >= 0.3 is 5.97 Å². The molecule has 0 atom stereocenters. The van der Waals surface area contributed by atoms with Gasteiger partial charge in [0.2, 0.25) is 0 Å². The summed E-state index contributed by atoms with van der Waals surface area (Å²) in [5.74, 6) is -1.82. The van der Waals surface area contributed by atoms with Crippen molar-refractivity contribution in [2.75, 3.05) is 0 Å². The summed E-state index contributed by atoms with van der Waals surface area (Å²) < 4.78 is 15.3. The lowest BCUT2D eigenvalue weighted by molar-refractivity contribution is 0.0683. The summed E-state index contributed by atoms with van der Waals surface area (Å²) in [6.45, 7) is 1.55. The van der Waals surface area contributed by atoms with Crippen LogP contribution in [0.2, 0.25) is 0 Å². The van der Waals surface area contributed by atoms with Crippen LogP contribution < -0.4 is 0 Å². The van der Waals surface area contributed by atoms with Crippen LogP contribution >= 0.6 is 15.9 Å². The molecule has 0 saturated heterocycles. The van der Waals surface area contributed by atoms with Gasteiger partial charge in [0.25, 0.3) is 5.82 Å². The fourth-order valence-corrected chi connectivity index (χ4v) is 1.89. The summed E-state index contributed by atoms with van der Waals surface area (Å²) in [4.78, 5) is 14.5. The molecule has 1 aromatic carbocycles. The van der Waals surface area contributed by atoms with Gasteiger partial charge in [-0.05, 0) is 35.0 Å². The summed E-state index contributed by atoms with van der Waals surface area (Å²) in [7, 11) is 0. The number of nitrogens with zero attached hydrogens (tertiary/aromatic N) is 3. The molecule has 0 unspecified atom stereocenters. The second-order valence-corrected chi connectivity index (χ2v) is 4.12. The fourth-order valence-electron chi connectivity index (χ4n) is 1.38. The van der Waals surface area contributed by atoms with Crippen molar-refractivity contribution in [1.82, 2.24) is 14.8 Å². The molecule has 7 heteroatoms. The number of benzene rings is 1. The van der Waals surface area contributed by atoms with E-state index in [4.69, 9.17) is 5.11 Å². The highest BCUT2D eigenvalue weighted by Gasteiger charge is 2.17. The SMILES string of the molecule is Cc1nc(C(=O)O)nn1-c1c(F)cccc1Br. The zero-order valence-corrected chi connectivity index (χ0v) is 10.3. The van der Waals surface area contributed by atoms with Gasteiger partial charge < -0.3 is 5.11 Å². The van der Waals surface area contributed by atoms with Crippen LogP contribution in [0.4, 0.5) is 4.39 Å². The van der Waals surface area contributed by atoms with E-state index in [-0.39, 0.29) is 11.5 Å². The average molecular weight is 300 g/mol. The molecule has 5 nitrogen and oxygen atoms in total. The maximum atomic E-state index is 13.7. The zero-order valence-electron chi connectivity index (χ0n) is 8.69. The highest BCUT2D eigenvalue weighted by Crippen LogP contribution is 2.24.